The molecule has 0 aromatic heterocycles. The van der Waals surface area contributed by atoms with Gasteiger partial charge in [0.2, 0.25) is 5.91 Å². The van der Waals surface area contributed by atoms with Gasteiger partial charge in [-0.15, -0.1) is 0 Å². The van der Waals surface area contributed by atoms with Crippen LogP contribution >= 0.6 is 0 Å². The molecule has 0 saturated carbocycles. The van der Waals surface area contributed by atoms with Crippen molar-refractivity contribution in [2.24, 2.45) is 11.8 Å². The van der Waals surface area contributed by atoms with Gasteiger partial charge in [0.15, 0.2) is 0 Å². The minimum absolute atomic E-state index is 0.133. The molecule has 0 heterocycles. The average Bonchev–Trinajstić information content (AvgIpc) is 2.62. The Morgan fingerprint density at radius 2 is 1.57 bits per heavy atom. The monoisotopic (exact) mass is 420 g/mol. The van der Waals surface area contributed by atoms with E-state index in [1.54, 1.807) is 20.8 Å². The van der Waals surface area contributed by atoms with Gasteiger partial charge in [0.05, 0.1) is 0 Å². The van der Waals surface area contributed by atoms with Crippen molar-refractivity contribution in [3.8, 4) is 0 Å². The number of rotatable bonds is 9. The smallest absolute Gasteiger partial charge is 0.408 e. The van der Waals surface area contributed by atoms with E-state index in [4.69, 9.17) is 9.47 Å². The molecule has 168 valence electrons. The summed E-state index contributed by atoms with van der Waals surface area (Å²) in [7, 11) is 0. The number of carbonyl (C=O) groups is 3. The molecular formula is C23H36N2O5. The number of esters is 1. The summed E-state index contributed by atoms with van der Waals surface area (Å²) in [5.74, 6) is -0.979. The van der Waals surface area contributed by atoms with E-state index in [1.165, 1.54) is 0 Å². The van der Waals surface area contributed by atoms with E-state index in [1.807, 2.05) is 58.0 Å². The molecule has 0 radical (unpaired) electrons. The van der Waals surface area contributed by atoms with Crippen LogP contribution in [-0.2, 0) is 25.7 Å². The van der Waals surface area contributed by atoms with Gasteiger partial charge in [-0.25, -0.2) is 9.59 Å². The number of ether oxygens (including phenoxy) is 2. The van der Waals surface area contributed by atoms with Crippen molar-refractivity contribution < 1.29 is 23.9 Å². The zero-order valence-corrected chi connectivity index (χ0v) is 19.2. The second-order valence-corrected chi connectivity index (χ2v) is 9.15. The van der Waals surface area contributed by atoms with E-state index in [0.29, 0.717) is 6.42 Å². The summed E-state index contributed by atoms with van der Waals surface area (Å²) in [5, 5.41) is 5.35. The van der Waals surface area contributed by atoms with Crippen molar-refractivity contribution in [2.75, 3.05) is 0 Å². The van der Waals surface area contributed by atoms with E-state index in [2.05, 4.69) is 10.6 Å². The highest BCUT2D eigenvalue weighted by Crippen LogP contribution is 2.12. The lowest BCUT2D eigenvalue weighted by atomic mass is 10.0. The van der Waals surface area contributed by atoms with Crippen molar-refractivity contribution in [2.45, 2.75) is 79.2 Å². The Balaban J connectivity index is 2.80. The molecule has 0 aliphatic heterocycles. The Kier molecular flexibility index (Phi) is 9.82. The van der Waals surface area contributed by atoms with Gasteiger partial charge >= 0.3 is 12.1 Å². The summed E-state index contributed by atoms with van der Waals surface area (Å²) in [4.78, 5) is 37.6. The SMILES string of the molecule is CC(C)C[C@H](NC(=O)C(NC(=O)OC(C)(C)C)C(C)C)C(=O)OCc1ccccc1. The van der Waals surface area contributed by atoms with Crippen LogP contribution in [0.5, 0.6) is 0 Å². The first-order valence-corrected chi connectivity index (χ1v) is 10.4. The number of hydrogen-bond donors (Lipinski definition) is 2. The summed E-state index contributed by atoms with van der Waals surface area (Å²) in [6.45, 7) is 12.9. The topological polar surface area (TPSA) is 93.7 Å². The molecule has 7 nitrogen and oxygen atoms in total. The summed E-state index contributed by atoms with van der Waals surface area (Å²) < 4.78 is 10.7. The second-order valence-electron chi connectivity index (χ2n) is 9.15. The van der Waals surface area contributed by atoms with Crippen LogP contribution in [0.25, 0.3) is 0 Å². The number of hydrogen-bond acceptors (Lipinski definition) is 5. The van der Waals surface area contributed by atoms with Gasteiger partial charge in [0.25, 0.3) is 0 Å². The lowest BCUT2D eigenvalue weighted by molar-refractivity contribution is -0.150. The number of carbonyl (C=O) groups excluding carboxylic acids is 3. The summed E-state index contributed by atoms with van der Waals surface area (Å²) in [6.07, 6.45) is -0.250. The van der Waals surface area contributed by atoms with Crippen LogP contribution in [-0.4, -0.2) is 35.7 Å². The largest absolute Gasteiger partial charge is 0.459 e. The van der Waals surface area contributed by atoms with E-state index >= 15 is 0 Å². The van der Waals surface area contributed by atoms with Gasteiger partial charge < -0.3 is 20.1 Å². The van der Waals surface area contributed by atoms with E-state index in [9.17, 15) is 14.4 Å². The first-order chi connectivity index (χ1) is 13.9. The molecule has 1 aromatic rings. The lowest BCUT2D eigenvalue weighted by Gasteiger charge is -2.27. The Labute approximate surface area is 179 Å². The predicted octanol–water partition coefficient (Wildman–Crippen LogP) is 3.81. The van der Waals surface area contributed by atoms with Gasteiger partial charge in [-0.2, -0.15) is 0 Å². The van der Waals surface area contributed by atoms with E-state index in [0.717, 1.165) is 5.56 Å². The molecule has 0 bridgehead atoms. The minimum Gasteiger partial charge on any atom is -0.459 e. The van der Waals surface area contributed by atoms with Crippen LogP contribution in [0.3, 0.4) is 0 Å². The molecule has 0 saturated heterocycles. The minimum atomic E-state index is -0.837. The zero-order valence-electron chi connectivity index (χ0n) is 19.2. The van der Waals surface area contributed by atoms with E-state index in [-0.39, 0.29) is 18.4 Å². The normalized spacial score (nSPS) is 13.5. The average molecular weight is 421 g/mol. The molecule has 1 unspecified atom stereocenters. The zero-order chi connectivity index (χ0) is 22.9. The third-order valence-electron chi connectivity index (χ3n) is 4.15. The van der Waals surface area contributed by atoms with Crippen LogP contribution in [0.15, 0.2) is 30.3 Å². The molecule has 0 aliphatic carbocycles. The van der Waals surface area contributed by atoms with Gasteiger partial charge in [-0.3, -0.25) is 4.79 Å². The highest BCUT2D eigenvalue weighted by atomic mass is 16.6. The maximum absolute atomic E-state index is 12.9. The third kappa shape index (κ3) is 9.76. The number of benzene rings is 1. The van der Waals surface area contributed by atoms with E-state index < -0.39 is 35.7 Å². The van der Waals surface area contributed by atoms with Crippen LogP contribution < -0.4 is 10.6 Å². The molecule has 2 amide bonds. The fraction of sp³-hybridized carbons (Fsp3) is 0.609. The van der Waals surface area contributed by atoms with Gasteiger partial charge in [0.1, 0.15) is 24.3 Å². The third-order valence-corrected chi connectivity index (χ3v) is 4.15. The molecule has 1 aromatic carbocycles. The molecule has 0 spiro atoms. The van der Waals surface area contributed by atoms with Crippen molar-refractivity contribution in [3.05, 3.63) is 35.9 Å². The summed E-state index contributed by atoms with van der Waals surface area (Å²) >= 11 is 0. The molecule has 2 atom stereocenters. The Morgan fingerprint density at radius 3 is 2.07 bits per heavy atom. The van der Waals surface area contributed by atoms with Crippen molar-refractivity contribution in [3.63, 3.8) is 0 Å². The molecule has 1 rings (SSSR count). The first kappa shape index (κ1) is 25.5. The molecule has 0 fully saturated rings. The maximum Gasteiger partial charge on any atom is 0.408 e. The highest BCUT2D eigenvalue weighted by molar-refractivity contribution is 5.89. The first-order valence-electron chi connectivity index (χ1n) is 10.4. The summed E-state index contributed by atoms with van der Waals surface area (Å²) in [6, 6.07) is 7.71. The van der Waals surface area contributed by atoms with Crippen molar-refractivity contribution in [1.29, 1.82) is 0 Å². The lowest BCUT2D eigenvalue weighted by Crippen LogP contribution is -2.54. The van der Waals surface area contributed by atoms with Gasteiger partial charge in [0, 0.05) is 0 Å². The van der Waals surface area contributed by atoms with Crippen LogP contribution in [0.2, 0.25) is 0 Å². The molecule has 2 N–H and O–H groups in total. The van der Waals surface area contributed by atoms with Gasteiger partial charge in [-0.05, 0) is 44.6 Å². The highest BCUT2D eigenvalue weighted by Gasteiger charge is 2.31. The molecule has 0 aliphatic rings. The van der Waals surface area contributed by atoms with Crippen LogP contribution in [0.4, 0.5) is 4.79 Å². The fourth-order valence-electron chi connectivity index (χ4n) is 2.75. The number of nitrogens with one attached hydrogen (secondary N) is 2. The van der Waals surface area contributed by atoms with Gasteiger partial charge in [-0.1, -0.05) is 58.0 Å². The Bertz CT molecular complexity index is 695. The molecular weight excluding hydrogens is 384 g/mol. The van der Waals surface area contributed by atoms with Crippen molar-refractivity contribution >= 4 is 18.0 Å². The molecule has 7 heteroatoms. The van der Waals surface area contributed by atoms with Crippen LogP contribution in [0.1, 0.15) is 60.5 Å². The Hall–Kier alpha value is -2.57. The maximum atomic E-state index is 12.9. The Morgan fingerprint density at radius 1 is 0.967 bits per heavy atom. The number of amides is 2. The predicted molar refractivity (Wildman–Crippen MR) is 116 cm³/mol. The van der Waals surface area contributed by atoms with Crippen LogP contribution in [0, 0.1) is 11.8 Å². The standard InChI is InChI=1S/C23H36N2O5/c1-15(2)13-18(21(27)29-14-17-11-9-8-10-12-17)24-20(26)19(16(3)4)25-22(28)30-23(5,6)7/h8-12,15-16,18-19H,13-14H2,1-7H3,(H,24,26)(H,25,28)/t18-,19?/m0/s1. The number of alkyl carbamates (subject to hydrolysis) is 1. The fourth-order valence-corrected chi connectivity index (χ4v) is 2.75. The molecule has 30 heavy (non-hydrogen) atoms. The van der Waals surface area contributed by atoms with Crippen molar-refractivity contribution in [1.82, 2.24) is 10.6 Å². The summed E-state index contributed by atoms with van der Waals surface area (Å²) in [5.41, 5.74) is 0.191. The second kappa shape index (κ2) is 11.6. The quantitative estimate of drug-likeness (QED) is 0.593.